The number of nitrogen functional groups attached to an aromatic ring is 1. The Morgan fingerprint density at radius 2 is 2.06 bits per heavy atom. The minimum atomic E-state index is -0.128. The van der Waals surface area contributed by atoms with Gasteiger partial charge in [0.1, 0.15) is 0 Å². The van der Waals surface area contributed by atoms with Crippen molar-refractivity contribution >= 4 is 34.5 Å². The Balaban J connectivity index is 1.55. The summed E-state index contributed by atoms with van der Waals surface area (Å²) in [7, 11) is 0. The molecule has 3 aromatic heterocycles. The van der Waals surface area contributed by atoms with Crippen LogP contribution in [-0.4, -0.2) is 63.1 Å². The average molecular weight is 487 g/mol. The molecule has 1 aliphatic carbocycles. The molecule has 1 saturated carbocycles. The molecule has 2 fully saturated rings. The van der Waals surface area contributed by atoms with Crippen LogP contribution in [0.5, 0.6) is 0 Å². The monoisotopic (exact) mass is 486 g/mol. The first-order valence-corrected chi connectivity index (χ1v) is 12.8. The van der Waals surface area contributed by atoms with E-state index >= 15 is 0 Å². The standard InChI is InChI=1S/C28H34N6O2/c1-4-19-14-21(20-6-5-10-30-27(20)31-19)22-15-23(29)28(32-26(22)18-7-8-18)33-11-12-34(25(36)9-13-35)24(16-33)17(2)3/h4-6,10,14-15,17-18,24,35H,1,7-9,11-13,16,29H2,2-3H3/t24-/m0/s1. The van der Waals surface area contributed by atoms with Gasteiger partial charge >= 0.3 is 0 Å². The zero-order chi connectivity index (χ0) is 25.4. The summed E-state index contributed by atoms with van der Waals surface area (Å²) < 4.78 is 0. The van der Waals surface area contributed by atoms with Gasteiger partial charge in [0.25, 0.3) is 0 Å². The van der Waals surface area contributed by atoms with Gasteiger partial charge in [0.05, 0.1) is 29.7 Å². The molecule has 0 aromatic carbocycles. The number of aliphatic hydroxyl groups excluding tert-OH is 1. The molecule has 36 heavy (non-hydrogen) atoms. The number of aromatic nitrogens is 3. The second kappa shape index (κ2) is 9.85. The molecule has 3 aromatic rings. The molecular formula is C28H34N6O2. The van der Waals surface area contributed by atoms with E-state index in [1.54, 1.807) is 12.3 Å². The van der Waals surface area contributed by atoms with Crippen LogP contribution < -0.4 is 10.6 Å². The lowest BCUT2D eigenvalue weighted by atomic mass is 9.96. The molecule has 0 unspecified atom stereocenters. The number of fused-ring (bicyclic) bond motifs is 1. The number of nitrogens with zero attached hydrogens (tertiary/aromatic N) is 5. The van der Waals surface area contributed by atoms with Crippen molar-refractivity contribution < 1.29 is 9.90 Å². The second-order valence-corrected chi connectivity index (χ2v) is 10.1. The Kier molecular flexibility index (Phi) is 6.62. The molecule has 4 heterocycles. The summed E-state index contributed by atoms with van der Waals surface area (Å²) >= 11 is 0. The van der Waals surface area contributed by atoms with Crippen LogP contribution in [0.2, 0.25) is 0 Å². The molecule has 1 saturated heterocycles. The number of hydrogen-bond donors (Lipinski definition) is 2. The van der Waals surface area contributed by atoms with Crippen molar-refractivity contribution in [3.05, 3.63) is 48.4 Å². The summed E-state index contributed by atoms with van der Waals surface area (Å²) in [6.07, 6.45) is 5.86. The van der Waals surface area contributed by atoms with Gasteiger partial charge < -0.3 is 20.6 Å². The third-order valence-electron chi connectivity index (χ3n) is 7.26. The number of piperazine rings is 1. The van der Waals surface area contributed by atoms with Crippen molar-refractivity contribution in [3.63, 3.8) is 0 Å². The van der Waals surface area contributed by atoms with Crippen molar-refractivity contribution in [2.75, 3.05) is 36.9 Å². The summed E-state index contributed by atoms with van der Waals surface area (Å²) in [6.45, 7) is 9.95. The molecule has 1 amide bonds. The zero-order valence-electron chi connectivity index (χ0n) is 21.0. The Bertz CT molecular complexity index is 1300. The molecule has 0 bridgehead atoms. The van der Waals surface area contributed by atoms with Crippen molar-refractivity contribution in [2.24, 2.45) is 5.92 Å². The molecule has 0 spiro atoms. The van der Waals surface area contributed by atoms with Gasteiger partial charge in [-0.3, -0.25) is 4.79 Å². The number of hydrogen-bond acceptors (Lipinski definition) is 7. The number of pyridine rings is 3. The molecule has 188 valence electrons. The third-order valence-corrected chi connectivity index (χ3v) is 7.26. The lowest BCUT2D eigenvalue weighted by Crippen LogP contribution is -2.57. The van der Waals surface area contributed by atoms with Crippen LogP contribution in [0.3, 0.4) is 0 Å². The molecule has 3 N–H and O–H groups in total. The zero-order valence-corrected chi connectivity index (χ0v) is 21.0. The summed E-state index contributed by atoms with van der Waals surface area (Å²) in [4.78, 5) is 31.0. The first kappa shape index (κ1) is 24.2. The van der Waals surface area contributed by atoms with E-state index < -0.39 is 0 Å². The van der Waals surface area contributed by atoms with Crippen molar-refractivity contribution in [2.45, 2.75) is 45.1 Å². The van der Waals surface area contributed by atoms with Gasteiger partial charge in [-0.25, -0.2) is 15.0 Å². The first-order valence-electron chi connectivity index (χ1n) is 12.8. The van der Waals surface area contributed by atoms with E-state index in [2.05, 4.69) is 41.4 Å². The lowest BCUT2D eigenvalue weighted by molar-refractivity contribution is -0.135. The van der Waals surface area contributed by atoms with E-state index in [1.165, 1.54) is 0 Å². The molecular weight excluding hydrogens is 452 g/mol. The maximum atomic E-state index is 12.6. The minimum absolute atomic E-state index is 0.00185. The van der Waals surface area contributed by atoms with Gasteiger partial charge in [0.2, 0.25) is 5.91 Å². The maximum Gasteiger partial charge on any atom is 0.225 e. The Morgan fingerprint density at radius 3 is 2.75 bits per heavy atom. The minimum Gasteiger partial charge on any atom is -0.396 e. The van der Waals surface area contributed by atoms with E-state index in [9.17, 15) is 9.90 Å². The Hall–Kier alpha value is -3.52. The molecule has 1 atom stereocenters. The molecule has 8 nitrogen and oxygen atoms in total. The van der Waals surface area contributed by atoms with Gasteiger partial charge in [0.15, 0.2) is 11.5 Å². The lowest BCUT2D eigenvalue weighted by Gasteiger charge is -2.44. The van der Waals surface area contributed by atoms with Crippen LogP contribution in [0.25, 0.3) is 28.2 Å². The fourth-order valence-electron chi connectivity index (χ4n) is 5.20. The van der Waals surface area contributed by atoms with Crippen molar-refractivity contribution in [1.82, 2.24) is 19.9 Å². The number of carbonyl (C=O) groups excluding carboxylic acids is 1. The average Bonchev–Trinajstić information content (AvgIpc) is 3.73. The van der Waals surface area contributed by atoms with Crippen LogP contribution >= 0.6 is 0 Å². The van der Waals surface area contributed by atoms with Gasteiger partial charge in [-0.05, 0) is 54.7 Å². The van der Waals surface area contributed by atoms with Crippen LogP contribution in [0.15, 0.2) is 37.0 Å². The van der Waals surface area contributed by atoms with E-state index in [0.29, 0.717) is 36.9 Å². The number of anilines is 2. The van der Waals surface area contributed by atoms with E-state index in [4.69, 9.17) is 10.7 Å². The van der Waals surface area contributed by atoms with E-state index in [1.807, 2.05) is 23.1 Å². The molecule has 8 heteroatoms. The highest BCUT2D eigenvalue weighted by Crippen LogP contribution is 2.46. The van der Waals surface area contributed by atoms with Crippen LogP contribution in [0.4, 0.5) is 11.5 Å². The number of nitrogens with two attached hydrogens (primary N) is 1. The molecule has 2 aliphatic rings. The molecule has 1 aliphatic heterocycles. The number of rotatable bonds is 7. The highest BCUT2D eigenvalue weighted by molar-refractivity contribution is 5.95. The third kappa shape index (κ3) is 4.53. The smallest absolute Gasteiger partial charge is 0.225 e. The van der Waals surface area contributed by atoms with Gasteiger partial charge in [0, 0.05) is 49.1 Å². The molecule has 5 rings (SSSR count). The fourth-order valence-corrected chi connectivity index (χ4v) is 5.20. The SMILES string of the molecule is C=Cc1cc(-c2cc(N)c(N3CCN(C(=O)CCO)[C@H](C(C)C)C3)nc2C2CC2)c2cccnc2n1. The topological polar surface area (TPSA) is 108 Å². The number of amides is 1. The molecule has 0 radical (unpaired) electrons. The summed E-state index contributed by atoms with van der Waals surface area (Å²) in [5.74, 6) is 1.47. The summed E-state index contributed by atoms with van der Waals surface area (Å²) in [6, 6.07) is 8.09. The first-order chi connectivity index (χ1) is 17.4. The van der Waals surface area contributed by atoms with Gasteiger partial charge in [-0.1, -0.05) is 20.4 Å². The normalized spacial score (nSPS) is 18.2. The van der Waals surface area contributed by atoms with Gasteiger partial charge in [-0.2, -0.15) is 0 Å². The largest absolute Gasteiger partial charge is 0.396 e. The summed E-state index contributed by atoms with van der Waals surface area (Å²) in [5, 5.41) is 10.2. The number of carbonyl (C=O) groups is 1. The van der Waals surface area contributed by atoms with Crippen LogP contribution in [0.1, 0.15) is 50.4 Å². The van der Waals surface area contributed by atoms with E-state index in [0.717, 1.165) is 46.6 Å². The predicted octanol–water partition coefficient (Wildman–Crippen LogP) is 3.85. The van der Waals surface area contributed by atoms with Crippen LogP contribution in [-0.2, 0) is 4.79 Å². The maximum absolute atomic E-state index is 12.6. The van der Waals surface area contributed by atoms with Crippen LogP contribution in [0, 0.1) is 5.92 Å². The second-order valence-electron chi connectivity index (χ2n) is 10.1. The Morgan fingerprint density at radius 1 is 1.25 bits per heavy atom. The summed E-state index contributed by atoms with van der Waals surface area (Å²) in [5.41, 5.74) is 11.9. The van der Waals surface area contributed by atoms with Crippen molar-refractivity contribution in [3.8, 4) is 11.1 Å². The van der Waals surface area contributed by atoms with E-state index in [-0.39, 0.29) is 30.9 Å². The Labute approximate surface area is 211 Å². The highest BCUT2D eigenvalue weighted by Gasteiger charge is 2.35. The van der Waals surface area contributed by atoms with Gasteiger partial charge in [-0.15, -0.1) is 0 Å². The van der Waals surface area contributed by atoms with Crippen molar-refractivity contribution in [1.29, 1.82) is 0 Å². The number of aliphatic hydroxyl groups is 1. The predicted molar refractivity (Wildman–Crippen MR) is 144 cm³/mol. The fraction of sp³-hybridized carbons (Fsp3) is 0.429. The quantitative estimate of drug-likeness (QED) is 0.522. The highest BCUT2D eigenvalue weighted by atomic mass is 16.3.